The molecule has 0 aromatic heterocycles. The first-order chi connectivity index (χ1) is 9.15. The van der Waals surface area contributed by atoms with E-state index in [1.54, 1.807) is 12.1 Å². The van der Waals surface area contributed by atoms with Gasteiger partial charge >= 0.3 is 11.9 Å². The van der Waals surface area contributed by atoms with Crippen molar-refractivity contribution in [1.82, 2.24) is 0 Å². The Hall–Kier alpha value is -2.08. The van der Waals surface area contributed by atoms with Gasteiger partial charge in [-0.3, -0.25) is 0 Å². The van der Waals surface area contributed by atoms with Crippen LogP contribution in [-0.4, -0.2) is 44.5 Å². The number of esters is 2. The summed E-state index contributed by atoms with van der Waals surface area (Å²) in [7, 11) is 2.44. The molecule has 0 fully saturated rings. The molecule has 0 spiro atoms. The van der Waals surface area contributed by atoms with E-state index in [0.717, 1.165) is 0 Å². The molecule has 1 aromatic rings. The number of aliphatic hydroxyl groups excluding tert-OH is 1. The van der Waals surface area contributed by atoms with Crippen molar-refractivity contribution in [1.29, 1.82) is 0 Å². The van der Waals surface area contributed by atoms with Crippen molar-refractivity contribution < 1.29 is 28.9 Å². The number of rotatable bonds is 6. The number of hydrogen-bond acceptors (Lipinski definition) is 6. The average molecular weight is 268 g/mol. The summed E-state index contributed by atoms with van der Waals surface area (Å²) in [5, 5.41) is 8.70. The van der Waals surface area contributed by atoms with Crippen molar-refractivity contribution in [2.24, 2.45) is 0 Å². The van der Waals surface area contributed by atoms with E-state index in [0.29, 0.717) is 6.42 Å². The highest BCUT2D eigenvalue weighted by atomic mass is 16.5. The van der Waals surface area contributed by atoms with Gasteiger partial charge in [0.1, 0.15) is 11.3 Å². The second kappa shape index (κ2) is 7.38. The first-order valence-corrected chi connectivity index (χ1v) is 5.69. The third-order valence-corrected chi connectivity index (χ3v) is 2.38. The van der Waals surface area contributed by atoms with Crippen LogP contribution < -0.4 is 4.74 Å². The predicted octanol–water partition coefficient (Wildman–Crippen LogP) is 1.02. The van der Waals surface area contributed by atoms with Gasteiger partial charge in [0.15, 0.2) is 0 Å². The van der Waals surface area contributed by atoms with Crippen molar-refractivity contribution >= 4 is 11.9 Å². The molecule has 6 heteroatoms. The molecule has 0 saturated heterocycles. The van der Waals surface area contributed by atoms with E-state index in [-0.39, 0.29) is 30.1 Å². The molecule has 1 aromatic carbocycles. The van der Waals surface area contributed by atoms with E-state index >= 15 is 0 Å². The van der Waals surface area contributed by atoms with Gasteiger partial charge in [-0.1, -0.05) is 6.07 Å². The van der Waals surface area contributed by atoms with Crippen LogP contribution in [0.2, 0.25) is 0 Å². The molecule has 0 aliphatic carbocycles. The summed E-state index contributed by atoms with van der Waals surface area (Å²) >= 11 is 0. The highest BCUT2D eigenvalue weighted by Crippen LogP contribution is 2.24. The van der Waals surface area contributed by atoms with Gasteiger partial charge in [-0.2, -0.15) is 0 Å². The number of ether oxygens (including phenoxy) is 3. The molecule has 0 aliphatic rings. The fraction of sp³-hybridized carbons (Fsp3) is 0.385. The van der Waals surface area contributed by atoms with E-state index in [1.807, 2.05) is 0 Å². The molecule has 6 nitrogen and oxygen atoms in total. The van der Waals surface area contributed by atoms with Gasteiger partial charge in [0.25, 0.3) is 0 Å². The molecule has 104 valence electrons. The van der Waals surface area contributed by atoms with Crippen LogP contribution >= 0.6 is 0 Å². The Morgan fingerprint density at radius 2 is 1.84 bits per heavy atom. The lowest BCUT2D eigenvalue weighted by Gasteiger charge is -2.12. The Morgan fingerprint density at radius 1 is 1.16 bits per heavy atom. The van der Waals surface area contributed by atoms with Crippen LogP contribution in [0, 0.1) is 0 Å². The van der Waals surface area contributed by atoms with E-state index < -0.39 is 11.9 Å². The van der Waals surface area contributed by atoms with Crippen LogP contribution in [0.1, 0.15) is 27.1 Å². The topological polar surface area (TPSA) is 82.1 Å². The monoisotopic (exact) mass is 268 g/mol. The van der Waals surface area contributed by atoms with Gasteiger partial charge in [-0.05, 0) is 12.1 Å². The normalized spacial score (nSPS) is 9.84. The van der Waals surface area contributed by atoms with Gasteiger partial charge in [-0.15, -0.1) is 0 Å². The minimum Gasteiger partial charge on any atom is -0.493 e. The highest BCUT2D eigenvalue weighted by molar-refractivity contribution is 6.05. The lowest BCUT2D eigenvalue weighted by molar-refractivity contribution is 0.0551. The Bertz CT molecular complexity index is 454. The van der Waals surface area contributed by atoms with Crippen LogP contribution in [0.4, 0.5) is 0 Å². The first-order valence-electron chi connectivity index (χ1n) is 5.69. The summed E-state index contributed by atoms with van der Waals surface area (Å²) in [4.78, 5) is 23.4. The lowest BCUT2D eigenvalue weighted by atomic mass is 10.1. The summed E-state index contributed by atoms with van der Waals surface area (Å²) in [5.74, 6) is -1.10. The maximum Gasteiger partial charge on any atom is 0.342 e. The molecule has 0 aliphatic heterocycles. The molecule has 1 rings (SSSR count). The minimum absolute atomic E-state index is 0.0230. The number of aliphatic hydroxyl groups is 1. The fourth-order valence-electron chi connectivity index (χ4n) is 1.49. The third kappa shape index (κ3) is 3.69. The largest absolute Gasteiger partial charge is 0.493 e. The number of benzene rings is 1. The van der Waals surface area contributed by atoms with Crippen molar-refractivity contribution in [3.05, 3.63) is 29.3 Å². The number of carbonyl (C=O) groups excluding carboxylic acids is 2. The Kier molecular flexibility index (Phi) is 5.81. The summed E-state index contributed by atoms with van der Waals surface area (Å²) in [6.45, 7) is 0.204. The molecule has 0 radical (unpaired) electrons. The molecule has 0 amide bonds. The van der Waals surface area contributed by atoms with Crippen LogP contribution in [0.5, 0.6) is 5.75 Å². The Morgan fingerprint density at radius 3 is 2.42 bits per heavy atom. The second-order valence-corrected chi connectivity index (χ2v) is 3.59. The molecule has 0 atom stereocenters. The van der Waals surface area contributed by atoms with Gasteiger partial charge in [-0.25, -0.2) is 9.59 Å². The van der Waals surface area contributed by atoms with Crippen LogP contribution in [0.15, 0.2) is 18.2 Å². The van der Waals surface area contributed by atoms with Crippen molar-refractivity contribution in [3.63, 3.8) is 0 Å². The van der Waals surface area contributed by atoms with Crippen LogP contribution in [0.25, 0.3) is 0 Å². The van der Waals surface area contributed by atoms with Gasteiger partial charge in [0.2, 0.25) is 0 Å². The van der Waals surface area contributed by atoms with E-state index in [1.165, 1.54) is 20.3 Å². The zero-order valence-corrected chi connectivity index (χ0v) is 10.8. The predicted molar refractivity (Wildman–Crippen MR) is 66.3 cm³/mol. The average Bonchev–Trinajstić information content (AvgIpc) is 2.45. The molecule has 0 unspecified atom stereocenters. The molecule has 19 heavy (non-hydrogen) atoms. The molecule has 0 heterocycles. The zero-order valence-electron chi connectivity index (χ0n) is 10.8. The smallest absolute Gasteiger partial charge is 0.342 e. The Labute approximate surface area is 110 Å². The van der Waals surface area contributed by atoms with Crippen LogP contribution in [-0.2, 0) is 9.47 Å². The quantitative estimate of drug-likeness (QED) is 0.612. The SMILES string of the molecule is COC(=O)c1cccc(OCCCO)c1C(=O)OC. The summed E-state index contributed by atoms with van der Waals surface area (Å²) in [5.41, 5.74) is 0.102. The summed E-state index contributed by atoms with van der Waals surface area (Å²) in [6, 6.07) is 4.58. The van der Waals surface area contributed by atoms with Gasteiger partial charge in [0.05, 0.1) is 26.4 Å². The maximum atomic E-state index is 11.7. The fourth-order valence-corrected chi connectivity index (χ4v) is 1.49. The number of carbonyl (C=O) groups is 2. The summed E-state index contributed by atoms with van der Waals surface area (Å²) < 4.78 is 14.6. The van der Waals surface area contributed by atoms with Crippen molar-refractivity contribution in [2.75, 3.05) is 27.4 Å². The van der Waals surface area contributed by atoms with Gasteiger partial charge in [0, 0.05) is 13.0 Å². The Balaban J connectivity index is 3.14. The summed E-state index contributed by atoms with van der Waals surface area (Å²) in [6.07, 6.45) is 0.420. The zero-order chi connectivity index (χ0) is 14.3. The van der Waals surface area contributed by atoms with E-state index in [2.05, 4.69) is 9.47 Å². The molecular formula is C13H16O6. The van der Waals surface area contributed by atoms with Crippen molar-refractivity contribution in [3.8, 4) is 5.75 Å². The molecule has 1 N–H and O–H groups in total. The molecule has 0 saturated carbocycles. The van der Waals surface area contributed by atoms with Crippen LogP contribution in [0.3, 0.4) is 0 Å². The van der Waals surface area contributed by atoms with Crippen molar-refractivity contribution in [2.45, 2.75) is 6.42 Å². The molecule has 0 bridgehead atoms. The number of methoxy groups -OCH3 is 2. The minimum atomic E-state index is -0.681. The van der Waals surface area contributed by atoms with Gasteiger partial charge < -0.3 is 19.3 Å². The second-order valence-electron chi connectivity index (χ2n) is 3.59. The van der Waals surface area contributed by atoms with E-state index in [4.69, 9.17) is 9.84 Å². The lowest BCUT2D eigenvalue weighted by Crippen LogP contribution is -2.14. The highest BCUT2D eigenvalue weighted by Gasteiger charge is 2.23. The third-order valence-electron chi connectivity index (χ3n) is 2.38. The first kappa shape index (κ1) is 15.0. The number of hydrogen-bond donors (Lipinski definition) is 1. The van der Waals surface area contributed by atoms with E-state index in [9.17, 15) is 9.59 Å². The standard InChI is InChI=1S/C13H16O6/c1-17-12(15)9-5-3-6-10(19-8-4-7-14)11(9)13(16)18-2/h3,5-6,14H,4,7-8H2,1-2H3. The molecular weight excluding hydrogens is 252 g/mol. The maximum absolute atomic E-state index is 11.7.